The summed E-state index contributed by atoms with van der Waals surface area (Å²) >= 11 is 0. The van der Waals surface area contributed by atoms with Crippen molar-refractivity contribution in [3.05, 3.63) is 12.7 Å². The molecule has 1 unspecified atom stereocenters. The van der Waals surface area contributed by atoms with E-state index in [0.717, 1.165) is 12.6 Å². The van der Waals surface area contributed by atoms with Crippen LogP contribution in [0.25, 0.3) is 0 Å². The van der Waals surface area contributed by atoms with Gasteiger partial charge in [-0.15, -0.1) is 6.58 Å². The van der Waals surface area contributed by atoms with Crippen LogP contribution >= 0.6 is 0 Å². The number of nitrogens with zero attached hydrogens (tertiary/aromatic N) is 2. The van der Waals surface area contributed by atoms with E-state index in [-0.39, 0.29) is 0 Å². The fraction of sp³-hybridized carbons (Fsp3) is 0.833. The lowest BCUT2D eigenvalue weighted by atomic mass is 10.0. The predicted molar refractivity (Wildman–Crippen MR) is 63.8 cm³/mol. The zero-order chi connectivity index (χ0) is 10.7. The molecule has 86 valence electrons. The third kappa shape index (κ3) is 2.80. The average Bonchev–Trinajstić information content (AvgIpc) is 2.68. The number of rotatable bonds is 3. The second kappa shape index (κ2) is 5.10. The van der Waals surface area contributed by atoms with Gasteiger partial charge in [-0.25, -0.2) is 0 Å². The summed E-state index contributed by atoms with van der Waals surface area (Å²) in [6, 6.07) is 1.23. The van der Waals surface area contributed by atoms with Gasteiger partial charge in [0.1, 0.15) is 0 Å². The smallest absolute Gasteiger partial charge is 0.0235 e. The molecule has 1 atom stereocenters. The van der Waals surface area contributed by atoms with Crippen molar-refractivity contribution >= 4 is 0 Å². The van der Waals surface area contributed by atoms with Crippen LogP contribution < -0.4 is 5.73 Å². The summed E-state index contributed by atoms with van der Waals surface area (Å²) in [6.45, 7) is 9.71. The van der Waals surface area contributed by atoms with E-state index >= 15 is 0 Å². The lowest BCUT2D eigenvalue weighted by Gasteiger charge is -2.34. The number of likely N-dealkylation sites (tertiary alicyclic amines) is 2. The molecule has 2 aliphatic rings. The topological polar surface area (TPSA) is 32.5 Å². The number of piperidine rings is 1. The van der Waals surface area contributed by atoms with Crippen LogP contribution in [-0.2, 0) is 0 Å². The van der Waals surface area contributed by atoms with Gasteiger partial charge < -0.3 is 5.73 Å². The highest BCUT2D eigenvalue weighted by atomic mass is 15.3. The Morgan fingerprint density at radius 2 is 1.93 bits per heavy atom. The summed E-state index contributed by atoms with van der Waals surface area (Å²) in [6.07, 6.45) is 5.69. The molecule has 0 aliphatic carbocycles. The maximum atomic E-state index is 5.92. The minimum absolute atomic E-state index is 0.451. The Bertz CT molecular complexity index is 209. The fourth-order valence-electron chi connectivity index (χ4n) is 2.74. The summed E-state index contributed by atoms with van der Waals surface area (Å²) in [4.78, 5) is 5.12. The van der Waals surface area contributed by atoms with E-state index in [1.807, 2.05) is 6.08 Å². The summed E-state index contributed by atoms with van der Waals surface area (Å²) in [5, 5.41) is 0. The van der Waals surface area contributed by atoms with Crippen LogP contribution in [0.5, 0.6) is 0 Å². The molecule has 0 radical (unpaired) electrons. The second-order valence-electron chi connectivity index (χ2n) is 4.86. The first-order valence-corrected chi connectivity index (χ1v) is 6.12. The van der Waals surface area contributed by atoms with E-state index in [2.05, 4.69) is 16.4 Å². The van der Waals surface area contributed by atoms with Crippen LogP contribution in [0.2, 0.25) is 0 Å². The molecule has 0 aromatic carbocycles. The largest absolute Gasteiger partial charge is 0.328 e. The van der Waals surface area contributed by atoms with Gasteiger partial charge in [0, 0.05) is 31.7 Å². The van der Waals surface area contributed by atoms with Gasteiger partial charge in [-0.3, -0.25) is 9.80 Å². The van der Waals surface area contributed by atoms with Crippen molar-refractivity contribution in [3.8, 4) is 0 Å². The fourth-order valence-corrected chi connectivity index (χ4v) is 2.74. The molecule has 0 aromatic heterocycles. The monoisotopic (exact) mass is 209 g/mol. The molecule has 2 aliphatic heterocycles. The summed E-state index contributed by atoms with van der Waals surface area (Å²) in [5.74, 6) is 0. The SMILES string of the molecule is C=CCN1CCC(N2CCC(N)CC2)C1. The Balaban J connectivity index is 1.78. The number of nitrogens with two attached hydrogens (primary N) is 1. The molecule has 2 N–H and O–H groups in total. The molecule has 2 saturated heterocycles. The van der Waals surface area contributed by atoms with Gasteiger partial charge in [0.15, 0.2) is 0 Å². The quantitative estimate of drug-likeness (QED) is 0.693. The van der Waals surface area contributed by atoms with Gasteiger partial charge in [-0.05, 0) is 32.4 Å². The van der Waals surface area contributed by atoms with E-state index in [4.69, 9.17) is 5.73 Å². The lowest BCUT2D eigenvalue weighted by molar-refractivity contribution is 0.154. The summed E-state index contributed by atoms with van der Waals surface area (Å²) in [5.41, 5.74) is 5.92. The van der Waals surface area contributed by atoms with Gasteiger partial charge in [0.25, 0.3) is 0 Å². The zero-order valence-corrected chi connectivity index (χ0v) is 9.57. The molecule has 3 nitrogen and oxygen atoms in total. The normalized spacial score (nSPS) is 30.9. The first-order chi connectivity index (χ1) is 7.29. The van der Waals surface area contributed by atoms with Gasteiger partial charge in [-0.2, -0.15) is 0 Å². The van der Waals surface area contributed by atoms with Crippen LogP contribution in [-0.4, -0.2) is 54.6 Å². The summed E-state index contributed by atoms with van der Waals surface area (Å²) in [7, 11) is 0. The van der Waals surface area contributed by atoms with E-state index in [9.17, 15) is 0 Å². The van der Waals surface area contributed by atoms with Crippen LogP contribution in [0.1, 0.15) is 19.3 Å². The third-order valence-corrected chi connectivity index (χ3v) is 3.73. The van der Waals surface area contributed by atoms with Gasteiger partial charge in [-0.1, -0.05) is 6.08 Å². The van der Waals surface area contributed by atoms with Gasteiger partial charge in [0.2, 0.25) is 0 Å². The average molecular weight is 209 g/mol. The van der Waals surface area contributed by atoms with Crippen molar-refractivity contribution in [1.29, 1.82) is 0 Å². The van der Waals surface area contributed by atoms with E-state index < -0.39 is 0 Å². The van der Waals surface area contributed by atoms with E-state index in [1.54, 1.807) is 0 Å². The highest BCUT2D eigenvalue weighted by molar-refractivity contribution is 4.88. The molecule has 2 rings (SSSR count). The minimum atomic E-state index is 0.451. The standard InChI is InChI=1S/C12H23N3/c1-2-6-14-7-5-12(10-14)15-8-3-11(13)4-9-15/h2,11-12H,1,3-10,13H2. The van der Waals surface area contributed by atoms with Crippen molar-refractivity contribution in [1.82, 2.24) is 9.80 Å². The predicted octanol–water partition coefficient (Wildman–Crippen LogP) is 0.670. The van der Waals surface area contributed by atoms with Crippen LogP contribution in [0.4, 0.5) is 0 Å². The van der Waals surface area contributed by atoms with Crippen LogP contribution in [0, 0.1) is 0 Å². The molecule has 0 aromatic rings. The molecule has 0 bridgehead atoms. The van der Waals surface area contributed by atoms with E-state index in [0.29, 0.717) is 6.04 Å². The first kappa shape index (κ1) is 11.1. The summed E-state index contributed by atoms with van der Waals surface area (Å²) < 4.78 is 0. The van der Waals surface area contributed by atoms with Crippen molar-refractivity contribution in [2.75, 3.05) is 32.7 Å². The minimum Gasteiger partial charge on any atom is -0.328 e. The van der Waals surface area contributed by atoms with Crippen molar-refractivity contribution in [3.63, 3.8) is 0 Å². The van der Waals surface area contributed by atoms with E-state index in [1.165, 1.54) is 45.4 Å². The molecular weight excluding hydrogens is 186 g/mol. The highest BCUT2D eigenvalue weighted by Gasteiger charge is 2.28. The Hall–Kier alpha value is -0.380. The number of hydrogen-bond acceptors (Lipinski definition) is 3. The Morgan fingerprint density at radius 3 is 2.60 bits per heavy atom. The first-order valence-electron chi connectivity index (χ1n) is 6.12. The Labute approximate surface area is 92.9 Å². The molecule has 0 spiro atoms. The van der Waals surface area contributed by atoms with Crippen molar-refractivity contribution in [2.45, 2.75) is 31.3 Å². The van der Waals surface area contributed by atoms with Crippen molar-refractivity contribution in [2.24, 2.45) is 5.73 Å². The molecule has 15 heavy (non-hydrogen) atoms. The zero-order valence-electron chi connectivity index (χ0n) is 9.57. The Morgan fingerprint density at radius 1 is 1.20 bits per heavy atom. The van der Waals surface area contributed by atoms with Crippen LogP contribution in [0.3, 0.4) is 0 Å². The highest BCUT2D eigenvalue weighted by Crippen LogP contribution is 2.19. The molecule has 0 amide bonds. The maximum Gasteiger partial charge on any atom is 0.0235 e. The molecular formula is C12H23N3. The molecule has 2 fully saturated rings. The van der Waals surface area contributed by atoms with Gasteiger partial charge in [0.05, 0.1) is 0 Å². The second-order valence-corrected chi connectivity index (χ2v) is 4.86. The third-order valence-electron chi connectivity index (χ3n) is 3.73. The maximum absolute atomic E-state index is 5.92. The van der Waals surface area contributed by atoms with Gasteiger partial charge >= 0.3 is 0 Å². The lowest BCUT2D eigenvalue weighted by Crippen LogP contribution is -2.46. The van der Waals surface area contributed by atoms with Crippen LogP contribution in [0.15, 0.2) is 12.7 Å². The molecule has 2 heterocycles. The van der Waals surface area contributed by atoms with Crippen molar-refractivity contribution < 1.29 is 0 Å². The number of hydrogen-bond donors (Lipinski definition) is 1. The molecule has 3 heteroatoms. The Kier molecular flexibility index (Phi) is 3.78. The molecule has 0 saturated carbocycles.